The highest BCUT2D eigenvalue weighted by Gasteiger charge is 2.61. The van der Waals surface area contributed by atoms with Gasteiger partial charge >= 0.3 is 0 Å². The molecule has 2 aromatic rings. The Kier molecular flexibility index (Phi) is 6.03. The number of anilines is 1. The molecule has 1 aromatic carbocycles. The maximum atomic E-state index is 13.7. The summed E-state index contributed by atoms with van der Waals surface area (Å²) >= 11 is 6.15. The molecule has 1 heterocycles. The van der Waals surface area contributed by atoms with Crippen LogP contribution in [-0.2, 0) is 19.6 Å². The summed E-state index contributed by atoms with van der Waals surface area (Å²) in [5.74, 6) is -2.41. The van der Waals surface area contributed by atoms with Gasteiger partial charge in [0.2, 0.25) is 15.9 Å². The Morgan fingerprint density at radius 1 is 1.32 bits per heavy atom. The summed E-state index contributed by atoms with van der Waals surface area (Å²) in [6, 6.07) is 7.17. The van der Waals surface area contributed by atoms with E-state index in [1.807, 2.05) is 0 Å². The number of carbonyl (C=O) groups excluding carboxylic acids is 2. The molecule has 0 bridgehead atoms. The third-order valence-electron chi connectivity index (χ3n) is 6.19. The minimum atomic E-state index is -3.83. The smallest absolute Gasteiger partial charge is 0.294 e. The summed E-state index contributed by atoms with van der Waals surface area (Å²) in [7, 11) is -3.83. The van der Waals surface area contributed by atoms with Crippen LogP contribution in [0.25, 0.3) is 0 Å². The number of benzene rings is 1. The van der Waals surface area contributed by atoms with Crippen molar-refractivity contribution in [2.75, 3.05) is 5.73 Å². The maximum absolute atomic E-state index is 13.7. The zero-order valence-electron chi connectivity index (χ0n) is 18.3. The molecular formula is C22H24ClN5O5S. The molecule has 4 N–H and O–H groups in total. The number of rotatable bonds is 8. The molecule has 3 atom stereocenters. The van der Waals surface area contributed by atoms with Crippen molar-refractivity contribution < 1.29 is 18.0 Å². The number of hydrogen-bond acceptors (Lipinski definition) is 7. The third-order valence-corrected chi connectivity index (χ3v) is 8.36. The number of nitrogens with zero attached hydrogens (tertiary/aromatic N) is 2. The highest BCUT2D eigenvalue weighted by atomic mass is 35.5. The summed E-state index contributed by atoms with van der Waals surface area (Å²) in [6.45, 7) is 5.21. The molecule has 4 rings (SSSR count). The van der Waals surface area contributed by atoms with Gasteiger partial charge in [-0.1, -0.05) is 48.0 Å². The monoisotopic (exact) mass is 505 g/mol. The Bertz CT molecular complexity index is 1340. The van der Waals surface area contributed by atoms with Gasteiger partial charge in [0.05, 0.1) is 10.9 Å². The number of nitrogen functional groups attached to an aromatic ring is 1. The Hall–Kier alpha value is -3.18. The zero-order chi connectivity index (χ0) is 24.8. The lowest BCUT2D eigenvalue weighted by atomic mass is 10.0. The standard InChI is InChI=1S/C22H24ClN5O5S/c1-3-14-11-22(14,21(31)27-34(32,33)15-9-10-15)26-19(29)16(13-7-5-4-6-8-13)28-12(2)17(23)25-18(24)20(28)30/h3-8,14-16H,1,9-11H2,2H3,(H2,24,25)(H,26,29)(H,27,31)/t14-,16?,22-/m1/s1. The molecule has 0 aliphatic heterocycles. The van der Waals surface area contributed by atoms with Gasteiger partial charge in [-0.05, 0) is 31.7 Å². The first-order valence-electron chi connectivity index (χ1n) is 10.6. The van der Waals surface area contributed by atoms with E-state index < -0.39 is 50.1 Å². The van der Waals surface area contributed by atoms with Crippen LogP contribution in [0.1, 0.15) is 36.6 Å². The number of halogens is 1. The van der Waals surface area contributed by atoms with Crippen LogP contribution in [-0.4, -0.2) is 40.6 Å². The van der Waals surface area contributed by atoms with Gasteiger partial charge in [0, 0.05) is 5.92 Å². The highest BCUT2D eigenvalue weighted by molar-refractivity contribution is 7.91. The number of sulfonamides is 1. The first-order valence-corrected chi connectivity index (χ1v) is 12.5. The minimum Gasteiger partial charge on any atom is -0.379 e. The Morgan fingerprint density at radius 3 is 2.53 bits per heavy atom. The largest absolute Gasteiger partial charge is 0.379 e. The van der Waals surface area contributed by atoms with Crippen LogP contribution in [0.5, 0.6) is 0 Å². The van der Waals surface area contributed by atoms with Crippen LogP contribution in [0.4, 0.5) is 5.82 Å². The summed E-state index contributed by atoms with van der Waals surface area (Å²) in [5.41, 5.74) is 4.14. The van der Waals surface area contributed by atoms with Gasteiger partial charge in [0.1, 0.15) is 11.6 Å². The third kappa shape index (κ3) is 4.21. The lowest BCUT2D eigenvalue weighted by Gasteiger charge is -2.26. The molecule has 10 nitrogen and oxygen atoms in total. The van der Waals surface area contributed by atoms with Gasteiger partial charge in [-0.25, -0.2) is 13.4 Å². The number of nitrogens with one attached hydrogen (secondary N) is 2. The average Bonchev–Trinajstić information content (AvgIpc) is 3.70. The first kappa shape index (κ1) is 24.0. The number of carbonyl (C=O) groups is 2. The first-order chi connectivity index (χ1) is 16.0. The quantitative estimate of drug-likeness (QED) is 0.453. The van der Waals surface area contributed by atoms with E-state index in [4.69, 9.17) is 17.3 Å². The van der Waals surface area contributed by atoms with Gasteiger partial charge in [0.25, 0.3) is 11.5 Å². The predicted octanol–water partition coefficient (Wildman–Crippen LogP) is 1.05. The van der Waals surface area contributed by atoms with Crippen molar-refractivity contribution in [3.63, 3.8) is 0 Å². The molecular weight excluding hydrogens is 482 g/mol. The summed E-state index contributed by atoms with van der Waals surface area (Å²) < 4.78 is 27.9. The van der Waals surface area contributed by atoms with E-state index in [9.17, 15) is 22.8 Å². The average molecular weight is 506 g/mol. The molecule has 2 fully saturated rings. The van der Waals surface area contributed by atoms with Gasteiger partial charge in [0.15, 0.2) is 11.0 Å². The van der Waals surface area contributed by atoms with E-state index >= 15 is 0 Å². The van der Waals surface area contributed by atoms with Crippen molar-refractivity contribution >= 4 is 39.3 Å². The molecule has 2 aliphatic carbocycles. The molecule has 2 aliphatic rings. The van der Waals surface area contributed by atoms with E-state index in [0.717, 1.165) is 4.57 Å². The SMILES string of the molecule is C=C[C@@H]1C[C@]1(NC(=O)C(c1ccccc1)n1c(C)c(Cl)nc(N)c1=O)C(=O)NS(=O)(=O)C1CC1. The van der Waals surface area contributed by atoms with Gasteiger partial charge < -0.3 is 11.1 Å². The fourth-order valence-electron chi connectivity index (χ4n) is 3.98. The van der Waals surface area contributed by atoms with E-state index in [1.165, 1.54) is 13.0 Å². The zero-order valence-corrected chi connectivity index (χ0v) is 19.9. The van der Waals surface area contributed by atoms with Crippen LogP contribution < -0.4 is 21.3 Å². The molecule has 12 heteroatoms. The van der Waals surface area contributed by atoms with Crippen molar-refractivity contribution in [1.29, 1.82) is 0 Å². The van der Waals surface area contributed by atoms with E-state index in [-0.39, 0.29) is 23.1 Å². The minimum absolute atomic E-state index is 0.0517. The van der Waals surface area contributed by atoms with E-state index in [2.05, 4.69) is 21.6 Å². The molecule has 0 spiro atoms. The van der Waals surface area contributed by atoms with Crippen molar-refractivity contribution in [2.45, 2.75) is 43.0 Å². The highest BCUT2D eigenvalue weighted by Crippen LogP contribution is 2.45. The van der Waals surface area contributed by atoms with E-state index in [1.54, 1.807) is 30.3 Å². The Labute approximate surface area is 201 Å². The summed E-state index contributed by atoms with van der Waals surface area (Å²) in [4.78, 5) is 43.4. The summed E-state index contributed by atoms with van der Waals surface area (Å²) in [5, 5.41) is 2.03. The second kappa shape index (κ2) is 8.55. The molecule has 1 aromatic heterocycles. The Balaban J connectivity index is 1.74. The summed E-state index contributed by atoms with van der Waals surface area (Å²) in [6.07, 6.45) is 2.62. The second-order valence-corrected chi connectivity index (χ2v) is 10.9. The number of amides is 2. The van der Waals surface area contributed by atoms with Gasteiger partial charge in [-0.15, -0.1) is 6.58 Å². The lowest BCUT2D eigenvalue weighted by molar-refractivity contribution is -0.130. The molecule has 0 saturated heterocycles. The molecule has 1 unspecified atom stereocenters. The van der Waals surface area contributed by atoms with Crippen LogP contribution in [0.2, 0.25) is 5.15 Å². The topological polar surface area (TPSA) is 153 Å². The van der Waals surface area contributed by atoms with E-state index in [0.29, 0.717) is 18.4 Å². The molecule has 2 saturated carbocycles. The van der Waals surface area contributed by atoms with Gasteiger partial charge in [-0.2, -0.15) is 0 Å². The van der Waals surface area contributed by atoms with Crippen molar-refractivity contribution in [1.82, 2.24) is 19.6 Å². The number of hydrogen-bond donors (Lipinski definition) is 3. The number of nitrogens with two attached hydrogens (primary N) is 1. The van der Waals surface area contributed by atoms with Gasteiger partial charge in [-0.3, -0.25) is 23.7 Å². The maximum Gasteiger partial charge on any atom is 0.294 e. The predicted molar refractivity (Wildman–Crippen MR) is 126 cm³/mol. The van der Waals surface area contributed by atoms with Crippen molar-refractivity contribution in [2.24, 2.45) is 5.92 Å². The second-order valence-electron chi connectivity index (χ2n) is 8.54. The molecule has 180 valence electrons. The fraction of sp³-hybridized carbons (Fsp3) is 0.364. The van der Waals surface area contributed by atoms with Crippen LogP contribution in [0, 0.1) is 12.8 Å². The normalized spacial score (nSPS) is 22.5. The lowest BCUT2D eigenvalue weighted by Crippen LogP contribution is -2.54. The molecule has 0 radical (unpaired) electrons. The van der Waals surface area contributed by atoms with Crippen molar-refractivity contribution in [3.8, 4) is 0 Å². The number of aromatic nitrogens is 2. The Morgan fingerprint density at radius 2 is 1.97 bits per heavy atom. The van der Waals surface area contributed by atoms with Crippen molar-refractivity contribution in [3.05, 3.63) is 69.8 Å². The van der Waals surface area contributed by atoms with Crippen LogP contribution >= 0.6 is 11.6 Å². The fourth-order valence-corrected chi connectivity index (χ4v) is 5.52. The van der Waals surface area contributed by atoms with Crippen LogP contribution in [0.15, 0.2) is 47.8 Å². The molecule has 2 amide bonds. The molecule has 34 heavy (non-hydrogen) atoms. The van der Waals surface area contributed by atoms with Crippen LogP contribution in [0.3, 0.4) is 0 Å².